The number of aryl methyl sites for hydroxylation is 1. The number of amides is 2. The van der Waals surface area contributed by atoms with E-state index < -0.39 is 0 Å². The highest BCUT2D eigenvalue weighted by atomic mass is 16.4. The van der Waals surface area contributed by atoms with E-state index in [-0.39, 0.29) is 17.9 Å². The van der Waals surface area contributed by atoms with Crippen molar-refractivity contribution < 1.29 is 10.0 Å². The summed E-state index contributed by atoms with van der Waals surface area (Å²) in [5, 5.41) is 12.2. The zero-order valence-corrected chi connectivity index (χ0v) is 20.0. The first-order valence-electron chi connectivity index (χ1n) is 12.0. The average Bonchev–Trinajstić information content (AvgIpc) is 3.60. The van der Waals surface area contributed by atoms with Crippen molar-refractivity contribution in [2.24, 2.45) is 16.8 Å². The third-order valence-corrected chi connectivity index (χ3v) is 6.95. The molecule has 0 saturated heterocycles. The zero-order chi connectivity index (χ0) is 24.0. The van der Waals surface area contributed by atoms with Crippen LogP contribution in [0.25, 0.3) is 11.0 Å². The van der Waals surface area contributed by atoms with Crippen LogP contribution < -0.4 is 10.6 Å². The Balaban J connectivity index is 1.58. The SMILES string of the molecule is CC(C)CCn1c(CN2C(=O)N(C3CC3)C(C)c3ccccc32)nc2cc(/C(N)=N/O)ccc21. The first kappa shape index (κ1) is 22.3. The number of hydrogen-bond acceptors (Lipinski definition) is 4. The molecule has 1 fully saturated rings. The maximum Gasteiger partial charge on any atom is 0.325 e. The molecule has 5 rings (SSSR count). The number of benzene rings is 2. The highest BCUT2D eigenvalue weighted by Crippen LogP contribution is 2.43. The summed E-state index contributed by atoms with van der Waals surface area (Å²) in [4.78, 5) is 22.6. The molecule has 0 radical (unpaired) electrons. The second-order valence-electron chi connectivity index (χ2n) is 9.79. The number of nitrogens with zero attached hydrogens (tertiary/aromatic N) is 5. The molecule has 2 heterocycles. The lowest BCUT2D eigenvalue weighted by molar-refractivity contribution is 0.176. The predicted molar refractivity (Wildman–Crippen MR) is 133 cm³/mol. The number of oxime groups is 1. The van der Waals surface area contributed by atoms with Crippen molar-refractivity contribution in [2.75, 3.05) is 4.90 Å². The van der Waals surface area contributed by atoms with E-state index in [0.29, 0.717) is 24.1 Å². The Labute approximate surface area is 199 Å². The third kappa shape index (κ3) is 3.87. The van der Waals surface area contributed by atoms with E-state index in [1.807, 2.05) is 46.2 Å². The molecule has 8 nitrogen and oxygen atoms in total. The topological polar surface area (TPSA) is 100.0 Å². The Morgan fingerprint density at radius 1 is 1.24 bits per heavy atom. The van der Waals surface area contributed by atoms with Crippen molar-refractivity contribution in [3.05, 3.63) is 59.4 Å². The Kier molecular flexibility index (Phi) is 5.67. The summed E-state index contributed by atoms with van der Waals surface area (Å²) >= 11 is 0. The van der Waals surface area contributed by atoms with E-state index in [4.69, 9.17) is 15.9 Å². The molecule has 0 spiro atoms. The number of fused-ring (bicyclic) bond motifs is 2. The van der Waals surface area contributed by atoms with Gasteiger partial charge in [-0.05, 0) is 61.9 Å². The lowest BCUT2D eigenvalue weighted by Crippen LogP contribution is -2.49. The van der Waals surface area contributed by atoms with E-state index in [0.717, 1.165) is 48.4 Å². The quantitative estimate of drug-likeness (QED) is 0.228. The molecule has 0 bridgehead atoms. The van der Waals surface area contributed by atoms with Gasteiger partial charge in [0.05, 0.1) is 29.3 Å². The molecule has 3 aromatic rings. The van der Waals surface area contributed by atoms with Crippen LogP contribution in [0, 0.1) is 5.92 Å². The standard InChI is InChI=1S/C26H32N6O2/c1-16(2)12-13-30-23-11-8-18(25(27)29-34)14-21(23)28-24(30)15-31-22-7-5-4-6-20(22)17(3)32(26(31)33)19-9-10-19/h4-8,11,14,16-17,19,34H,9-10,12-13,15H2,1-3H3,(H2,27,29). The van der Waals surface area contributed by atoms with Gasteiger partial charge in [-0.2, -0.15) is 0 Å². The molecule has 1 aromatic heterocycles. The number of hydrogen-bond donors (Lipinski definition) is 2. The van der Waals surface area contributed by atoms with Gasteiger partial charge in [0.2, 0.25) is 0 Å². The molecule has 1 unspecified atom stereocenters. The number of rotatable bonds is 7. The maximum absolute atomic E-state index is 13.7. The van der Waals surface area contributed by atoms with Crippen LogP contribution in [-0.4, -0.2) is 37.6 Å². The first-order chi connectivity index (χ1) is 16.4. The molecule has 3 N–H and O–H groups in total. The van der Waals surface area contributed by atoms with Crippen molar-refractivity contribution in [2.45, 2.75) is 65.2 Å². The van der Waals surface area contributed by atoms with Crippen LogP contribution in [0.3, 0.4) is 0 Å². The Morgan fingerprint density at radius 2 is 2.00 bits per heavy atom. The average molecular weight is 461 g/mol. The van der Waals surface area contributed by atoms with Gasteiger partial charge in [0.15, 0.2) is 5.84 Å². The predicted octanol–water partition coefficient (Wildman–Crippen LogP) is 4.84. The lowest BCUT2D eigenvalue weighted by atomic mass is 10.0. The number of imidazole rings is 1. The Bertz CT molecular complexity index is 1260. The fourth-order valence-corrected chi connectivity index (χ4v) is 4.92. The summed E-state index contributed by atoms with van der Waals surface area (Å²) < 4.78 is 2.21. The summed E-state index contributed by atoms with van der Waals surface area (Å²) in [6.07, 6.45) is 3.13. The minimum absolute atomic E-state index is 0.0495. The molecular weight excluding hydrogens is 428 g/mol. The molecule has 1 aliphatic carbocycles. The van der Waals surface area contributed by atoms with E-state index in [1.54, 1.807) is 0 Å². The normalized spacial score (nSPS) is 18.8. The van der Waals surface area contributed by atoms with Crippen LogP contribution in [0.5, 0.6) is 0 Å². The Hall–Kier alpha value is -3.55. The summed E-state index contributed by atoms with van der Waals surface area (Å²) in [6.45, 7) is 7.72. The number of anilines is 1. The van der Waals surface area contributed by atoms with Crippen molar-refractivity contribution in [3.63, 3.8) is 0 Å². The maximum atomic E-state index is 13.7. The number of urea groups is 1. The number of aromatic nitrogens is 2. The first-order valence-corrected chi connectivity index (χ1v) is 12.0. The number of amidine groups is 1. The van der Waals surface area contributed by atoms with Crippen LogP contribution in [-0.2, 0) is 13.1 Å². The van der Waals surface area contributed by atoms with Gasteiger partial charge >= 0.3 is 6.03 Å². The van der Waals surface area contributed by atoms with Crippen LogP contribution in [0.4, 0.5) is 10.5 Å². The second-order valence-corrected chi connectivity index (χ2v) is 9.79. The minimum Gasteiger partial charge on any atom is -0.409 e. The summed E-state index contributed by atoms with van der Waals surface area (Å²) in [7, 11) is 0. The summed E-state index contributed by atoms with van der Waals surface area (Å²) in [6, 6.07) is 14.3. The highest BCUT2D eigenvalue weighted by molar-refractivity contribution is 6.00. The second kappa shape index (κ2) is 8.66. The van der Waals surface area contributed by atoms with Crippen LogP contribution in [0.2, 0.25) is 0 Å². The molecule has 178 valence electrons. The number of carbonyl (C=O) groups is 1. The summed E-state index contributed by atoms with van der Waals surface area (Å²) in [5.74, 6) is 1.42. The molecule has 2 aliphatic rings. The van der Waals surface area contributed by atoms with Gasteiger partial charge < -0.3 is 20.4 Å². The smallest absolute Gasteiger partial charge is 0.325 e. The molecule has 1 atom stereocenters. The van der Waals surface area contributed by atoms with Gasteiger partial charge in [0.25, 0.3) is 0 Å². The van der Waals surface area contributed by atoms with E-state index in [9.17, 15) is 4.79 Å². The van der Waals surface area contributed by atoms with Crippen molar-refractivity contribution in [3.8, 4) is 0 Å². The number of carbonyl (C=O) groups excluding carboxylic acids is 1. The van der Waals surface area contributed by atoms with Gasteiger partial charge in [-0.25, -0.2) is 9.78 Å². The zero-order valence-electron chi connectivity index (χ0n) is 20.0. The van der Waals surface area contributed by atoms with Gasteiger partial charge in [0.1, 0.15) is 5.82 Å². The molecule has 2 amide bonds. The van der Waals surface area contributed by atoms with Crippen LogP contribution in [0.1, 0.15) is 63.0 Å². The summed E-state index contributed by atoms with van der Waals surface area (Å²) in [5.41, 5.74) is 10.3. The fraction of sp³-hybridized carbons (Fsp3) is 0.423. The number of para-hydroxylation sites is 1. The molecule has 1 aliphatic heterocycles. The van der Waals surface area contributed by atoms with E-state index >= 15 is 0 Å². The highest BCUT2D eigenvalue weighted by Gasteiger charge is 2.43. The monoisotopic (exact) mass is 460 g/mol. The van der Waals surface area contributed by atoms with Crippen LogP contribution >= 0.6 is 0 Å². The van der Waals surface area contributed by atoms with Gasteiger partial charge in [-0.1, -0.05) is 37.2 Å². The van der Waals surface area contributed by atoms with Crippen LogP contribution in [0.15, 0.2) is 47.6 Å². The molecule has 1 saturated carbocycles. The fourth-order valence-electron chi connectivity index (χ4n) is 4.92. The largest absolute Gasteiger partial charge is 0.409 e. The van der Waals surface area contributed by atoms with Gasteiger partial charge in [-0.3, -0.25) is 4.90 Å². The Morgan fingerprint density at radius 3 is 2.71 bits per heavy atom. The van der Waals surface area contributed by atoms with Crippen molar-refractivity contribution in [1.29, 1.82) is 0 Å². The van der Waals surface area contributed by atoms with Gasteiger partial charge in [0, 0.05) is 18.2 Å². The van der Waals surface area contributed by atoms with E-state index in [2.05, 4.69) is 36.6 Å². The molecule has 2 aromatic carbocycles. The molecule has 34 heavy (non-hydrogen) atoms. The number of nitrogens with two attached hydrogens (primary N) is 1. The minimum atomic E-state index is 0.0495. The molecule has 8 heteroatoms. The lowest BCUT2D eigenvalue weighted by Gasteiger charge is -2.41. The van der Waals surface area contributed by atoms with Crippen molar-refractivity contribution in [1.82, 2.24) is 14.5 Å². The molecular formula is C26H32N6O2. The van der Waals surface area contributed by atoms with E-state index in [1.165, 1.54) is 5.56 Å². The van der Waals surface area contributed by atoms with Gasteiger partial charge in [-0.15, -0.1) is 0 Å². The van der Waals surface area contributed by atoms with Crippen molar-refractivity contribution >= 4 is 28.6 Å². The third-order valence-electron chi connectivity index (χ3n) is 6.95.